The summed E-state index contributed by atoms with van der Waals surface area (Å²) in [6.07, 6.45) is -5.20. The number of urea groups is 1. The molecular weight excluding hydrogens is 437 g/mol. The van der Waals surface area contributed by atoms with Crippen molar-refractivity contribution in [3.8, 4) is 16.9 Å². The van der Waals surface area contributed by atoms with Crippen LogP contribution >= 0.6 is 0 Å². The molecule has 0 unspecified atom stereocenters. The summed E-state index contributed by atoms with van der Waals surface area (Å²) in [5.74, 6) is -0.732. The van der Waals surface area contributed by atoms with Crippen molar-refractivity contribution in [1.29, 1.82) is 0 Å². The normalized spacial score (nSPS) is 11.1. The summed E-state index contributed by atoms with van der Waals surface area (Å²) < 4.78 is 51.4. The molecule has 0 bridgehead atoms. The Labute approximate surface area is 191 Å². The van der Waals surface area contributed by atoms with Crippen molar-refractivity contribution in [3.63, 3.8) is 0 Å². The molecule has 0 saturated heterocycles. The number of amides is 2. The van der Waals surface area contributed by atoms with Gasteiger partial charge in [-0.2, -0.15) is 13.2 Å². The molecule has 0 aromatic heterocycles. The van der Waals surface area contributed by atoms with Crippen LogP contribution in [0.25, 0.3) is 11.1 Å². The van der Waals surface area contributed by atoms with Gasteiger partial charge in [-0.05, 0) is 49.6 Å². The second kappa shape index (κ2) is 11.6. The second-order valence-electron chi connectivity index (χ2n) is 7.20. The molecule has 0 fully saturated rings. The minimum Gasteiger partial charge on any atom is -0.496 e. The van der Waals surface area contributed by atoms with E-state index < -0.39 is 24.1 Å². The van der Waals surface area contributed by atoms with Crippen LogP contribution < -0.4 is 10.1 Å². The lowest BCUT2D eigenvalue weighted by atomic mass is 9.93. The van der Waals surface area contributed by atoms with Gasteiger partial charge in [0.25, 0.3) is 0 Å². The molecule has 0 aliphatic heterocycles. The highest BCUT2D eigenvalue weighted by Gasteiger charge is 2.35. The Morgan fingerprint density at radius 3 is 2.30 bits per heavy atom. The number of ether oxygens (including phenoxy) is 2. The van der Waals surface area contributed by atoms with Gasteiger partial charge in [0, 0.05) is 25.2 Å². The number of carbonyl (C=O) groups excluding carboxylic acids is 2. The van der Waals surface area contributed by atoms with E-state index in [4.69, 9.17) is 9.47 Å². The summed E-state index contributed by atoms with van der Waals surface area (Å²) in [4.78, 5) is 26.0. The second-order valence-corrected chi connectivity index (χ2v) is 7.20. The van der Waals surface area contributed by atoms with E-state index in [2.05, 4.69) is 5.32 Å². The maximum atomic E-state index is 13.7. The third-order valence-electron chi connectivity index (χ3n) is 5.04. The molecule has 2 aromatic rings. The highest BCUT2D eigenvalue weighted by Crippen LogP contribution is 2.41. The third-order valence-corrected chi connectivity index (χ3v) is 5.04. The van der Waals surface area contributed by atoms with Crippen LogP contribution in [0.3, 0.4) is 0 Å². The number of alkyl halides is 3. The number of methoxy groups -OCH3 is 1. The molecule has 1 N–H and O–H groups in total. The summed E-state index contributed by atoms with van der Waals surface area (Å²) in [5, 5.41) is 2.75. The van der Waals surface area contributed by atoms with Crippen LogP contribution in [0.5, 0.6) is 5.75 Å². The standard InChI is InChI=1S/C24H29F3N2O4/c1-5-28-23(31)29(6-2)15-16-10-8-9-11-18(16)19-12-17(13-22(30)33-7-3)20(24(25,26)27)14-21(19)32-4/h8-12,14H,5-7,13,15H2,1-4H3,(H,28,31). The van der Waals surface area contributed by atoms with E-state index in [0.717, 1.165) is 11.6 Å². The lowest BCUT2D eigenvalue weighted by Crippen LogP contribution is -2.39. The van der Waals surface area contributed by atoms with E-state index in [1.54, 1.807) is 36.1 Å². The zero-order valence-corrected chi connectivity index (χ0v) is 19.2. The molecule has 2 rings (SSSR count). The number of hydrogen-bond acceptors (Lipinski definition) is 4. The van der Waals surface area contributed by atoms with E-state index in [9.17, 15) is 22.8 Å². The first-order valence-electron chi connectivity index (χ1n) is 10.7. The van der Waals surface area contributed by atoms with E-state index in [-0.39, 0.29) is 30.5 Å². The summed E-state index contributed by atoms with van der Waals surface area (Å²) in [5.41, 5.74) is 0.572. The summed E-state index contributed by atoms with van der Waals surface area (Å²) >= 11 is 0. The zero-order chi connectivity index (χ0) is 24.6. The van der Waals surface area contributed by atoms with Crippen LogP contribution in [0.2, 0.25) is 0 Å². The van der Waals surface area contributed by atoms with Gasteiger partial charge >= 0.3 is 18.2 Å². The summed E-state index contributed by atoms with van der Waals surface area (Å²) in [7, 11) is 1.29. The Kier molecular flexibility index (Phi) is 9.13. The Morgan fingerprint density at radius 2 is 1.73 bits per heavy atom. The summed E-state index contributed by atoms with van der Waals surface area (Å²) in [6, 6.07) is 9.09. The summed E-state index contributed by atoms with van der Waals surface area (Å²) in [6.45, 7) is 6.48. The first kappa shape index (κ1) is 26.0. The van der Waals surface area contributed by atoms with Gasteiger partial charge in [-0.1, -0.05) is 24.3 Å². The van der Waals surface area contributed by atoms with E-state index in [0.29, 0.717) is 24.2 Å². The SMILES string of the molecule is CCNC(=O)N(CC)Cc1ccccc1-c1cc(CC(=O)OCC)c(C(F)(F)F)cc1OC. The predicted octanol–water partition coefficient (Wildman–Crippen LogP) is 5.04. The third kappa shape index (κ3) is 6.63. The van der Waals surface area contributed by atoms with Crippen molar-refractivity contribution in [2.45, 2.75) is 39.9 Å². The number of nitrogens with zero attached hydrogens (tertiary/aromatic N) is 1. The largest absolute Gasteiger partial charge is 0.496 e. The zero-order valence-electron chi connectivity index (χ0n) is 19.2. The molecule has 0 atom stereocenters. The van der Waals surface area contributed by atoms with Crippen LogP contribution in [0.1, 0.15) is 37.5 Å². The Balaban J connectivity index is 2.62. The number of esters is 1. The van der Waals surface area contributed by atoms with Gasteiger partial charge in [-0.15, -0.1) is 0 Å². The molecule has 2 aromatic carbocycles. The van der Waals surface area contributed by atoms with E-state index in [1.807, 2.05) is 13.8 Å². The van der Waals surface area contributed by atoms with Gasteiger partial charge in [0.05, 0.1) is 25.7 Å². The maximum absolute atomic E-state index is 13.7. The fourth-order valence-electron chi connectivity index (χ4n) is 3.50. The number of halogens is 3. The quantitative estimate of drug-likeness (QED) is 0.526. The van der Waals surface area contributed by atoms with Crippen molar-refractivity contribution in [1.82, 2.24) is 10.2 Å². The van der Waals surface area contributed by atoms with Crippen LogP contribution in [-0.2, 0) is 28.7 Å². The highest BCUT2D eigenvalue weighted by atomic mass is 19.4. The fourth-order valence-corrected chi connectivity index (χ4v) is 3.50. The molecule has 0 aliphatic carbocycles. The fraction of sp³-hybridized carbons (Fsp3) is 0.417. The van der Waals surface area contributed by atoms with Crippen LogP contribution in [0.4, 0.5) is 18.0 Å². The number of nitrogens with one attached hydrogen (secondary N) is 1. The lowest BCUT2D eigenvalue weighted by molar-refractivity contribution is -0.143. The number of carbonyl (C=O) groups is 2. The van der Waals surface area contributed by atoms with Gasteiger partial charge in [0.15, 0.2) is 0 Å². The number of rotatable bonds is 9. The molecule has 0 saturated carbocycles. The van der Waals surface area contributed by atoms with Crippen LogP contribution in [0, 0.1) is 0 Å². The predicted molar refractivity (Wildman–Crippen MR) is 119 cm³/mol. The molecule has 180 valence electrons. The highest BCUT2D eigenvalue weighted by molar-refractivity contribution is 5.79. The minimum absolute atomic E-state index is 0.0171. The van der Waals surface area contributed by atoms with E-state index in [1.165, 1.54) is 13.2 Å². The van der Waals surface area contributed by atoms with Gasteiger partial charge in [-0.25, -0.2) is 4.79 Å². The molecule has 9 heteroatoms. The smallest absolute Gasteiger partial charge is 0.416 e. The average molecular weight is 467 g/mol. The van der Waals surface area contributed by atoms with Crippen molar-refractivity contribution in [2.24, 2.45) is 0 Å². The Morgan fingerprint density at radius 1 is 1.03 bits per heavy atom. The number of hydrogen-bond donors (Lipinski definition) is 1. The number of benzene rings is 2. The maximum Gasteiger partial charge on any atom is 0.416 e. The Hall–Kier alpha value is -3.23. The van der Waals surface area contributed by atoms with Crippen molar-refractivity contribution >= 4 is 12.0 Å². The Bertz CT molecular complexity index is 977. The van der Waals surface area contributed by atoms with Crippen molar-refractivity contribution < 1.29 is 32.2 Å². The lowest BCUT2D eigenvalue weighted by Gasteiger charge is -2.24. The van der Waals surface area contributed by atoms with Gasteiger partial charge in [-0.3, -0.25) is 4.79 Å². The van der Waals surface area contributed by atoms with E-state index >= 15 is 0 Å². The van der Waals surface area contributed by atoms with Crippen molar-refractivity contribution in [3.05, 3.63) is 53.1 Å². The molecule has 33 heavy (non-hydrogen) atoms. The molecular formula is C24H29F3N2O4. The molecule has 0 spiro atoms. The molecule has 0 heterocycles. The minimum atomic E-state index is -4.68. The van der Waals surface area contributed by atoms with Gasteiger partial charge in [0.2, 0.25) is 0 Å². The van der Waals surface area contributed by atoms with Crippen molar-refractivity contribution in [2.75, 3.05) is 26.8 Å². The first-order valence-corrected chi connectivity index (χ1v) is 10.7. The monoisotopic (exact) mass is 466 g/mol. The molecule has 2 amide bonds. The molecule has 0 aliphatic rings. The average Bonchev–Trinajstić information content (AvgIpc) is 2.77. The van der Waals surface area contributed by atoms with Crippen LogP contribution in [-0.4, -0.2) is 43.7 Å². The first-order chi connectivity index (χ1) is 15.7. The van der Waals surface area contributed by atoms with Gasteiger partial charge < -0.3 is 19.7 Å². The van der Waals surface area contributed by atoms with Crippen LogP contribution in [0.15, 0.2) is 36.4 Å². The molecule has 0 radical (unpaired) electrons. The topological polar surface area (TPSA) is 67.9 Å². The molecule has 6 nitrogen and oxygen atoms in total. The van der Waals surface area contributed by atoms with Gasteiger partial charge in [0.1, 0.15) is 5.75 Å².